The number of rotatable bonds is 7. The van der Waals surface area contributed by atoms with Crippen molar-refractivity contribution in [2.45, 2.75) is 18.4 Å². The van der Waals surface area contributed by atoms with E-state index in [1.54, 1.807) is 84.9 Å². The van der Waals surface area contributed by atoms with Crippen molar-refractivity contribution >= 4 is 62.1 Å². The predicted molar refractivity (Wildman–Crippen MR) is 147 cm³/mol. The van der Waals surface area contributed by atoms with E-state index in [0.717, 1.165) is 5.56 Å². The fourth-order valence-electron chi connectivity index (χ4n) is 3.55. The van der Waals surface area contributed by atoms with Crippen molar-refractivity contribution in [1.82, 2.24) is 0 Å². The van der Waals surface area contributed by atoms with Gasteiger partial charge >= 0.3 is 0 Å². The molecule has 36 heavy (non-hydrogen) atoms. The summed E-state index contributed by atoms with van der Waals surface area (Å²) in [4.78, 5) is 13.4. The average molecular weight is 560 g/mol. The van der Waals surface area contributed by atoms with Crippen LogP contribution in [0.2, 0.25) is 15.1 Å². The van der Waals surface area contributed by atoms with Gasteiger partial charge in [-0.2, -0.15) is 0 Å². The number of anilines is 2. The van der Waals surface area contributed by atoms with Gasteiger partial charge in [-0.15, -0.1) is 0 Å². The van der Waals surface area contributed by atoms with Gasteiger partial charge in [-0.25, -0.2) is 8.42 Å². The van der Waals surface area contributed by atoms with Crippen LogP contribution in [0.25, 0.3) is 0 Å². The fourth-order valence-corrected chi connectivity index (χ4v) is 5.44. The van der Waals surface area contributed by atoms with Gasteiger partial charge in [0, 0.05) is 10.7 Å². The smallest absolute Gasteiger partial charge is 0.264 e. The van der Waals surface area contributed by atoms with E-state index < -0.39 is 15.9 Å². The molecule has 9 heteroatoms. The van der Waals surface area contributed by atoms with Gasteiger partial charge in [-0.3, -0.25) is 9.10 Å². The van der Waals surface area contributed by atoms with Crippen LogP contribution >= 0.6 is 34.8 Å². The molecule has 184 valence electrons. The number of sulfonamides is 1. The van der Waals surface area contributed by atoms with Crippen LogP contribution in [0.5, 0.6) is 0 Å². The lowest BCUT2D eigenvalue weighted by atomic mass is 10.1. The Morgan fingerprint density at radius 2 is 1.50 bits per heavy atom. The molecule has 5 nitrogen and oxygen atoms in total. The lowest BCUT2D eigenvalue weighted by molar-refractivity contribution is 0.102. The number of aryl methyl sites for hydroxylation is 1. The summed E-state index contributed by atoms with van der Waals surface area (Å²) < 4.78 is 29.0. The minimum atomic E-state index is -4.04. The first-order valence-corrected chi connectivity index (χ1v) is 13.4. The summed E-state index contributed by atoms with van der Waals surface area (Å²) in [5, 5.41) is 3.95. The van der Waals surface area contributed by atoms with Gasteiger partial charge in [-0.1, -0.05) is 76.8 Å². The average Bonchev–Trinajstić information content (AvgIpc) is 2.86. The highest BCUT2D eigenvalue weighted by Gasteiger charge is 2.28. The Hall–Kier alpha value is -3.03. The Morgan fingerprint density at radius 3 is 2.17 bits per heavy atom. The maximum absolute atomic E-state index is 13.9. The van der Waals surface area contributed by atoms with E-state index in [2.05, 4.69) is 5.32 Å². The highest BCUT2D eigenvalue weighted by molar-refractivity contribution is 7.92. The van der Waals surface area contributed by atoms with Crippen LogP contribution in [0.3, 0.4) is 0 Å². The van der Waals surface area contributed by atoms with Gasteiger partial charge in [0.15, 0.2) is 0 Å². The van der Waals surface area contributed by atoms with Gasteiger partial charge in [0.1, 0.15) is 0 Å². The van der Waals surface area contributed by atoms with Crippen LogP contribution in [0.4, 0.5) is 11.4 Å². The monoisotopic (exact) mass is 558 g/mol. The third kappa shape index (κ3) is 5.85. The van der Waals surface area contributed by atoms with Crippen molar-refractivity contribution in [2.24, 2.45) is 0 Å². The number of nitrogens with one attached hydrogen (secondary N) is 1. The molecule has 0 fully saturated rings. The molecule has 1 amide bonds. The maximum atomic E-state index is 13.9. The Labute approximate surface area is 225 Å². The van der Waals surface area contributed by atoms with Crippen LogP contribution in [-0.4, -0.2) is 14.3 Å². The molecule has 0 spiro atoms. The first-order valence-electron chi connectivity index (χ1n) is 10.8. The van der Waals surface area contributed by atoms with E-state index >= 15 is 0 Å². The van der Waals surface area contributed by atoms with Crippen molar-refractivity contribution in [3.8, 4) is 0 Å². The molecule has 1 N–H and O–H groups in total. The van der Waals surface area contributed by atoms with Gasteiger partial charge in [-0.05, 0) is 67.1 Å². The molecule has 0 saturated heterocycles. The molecule has 0 saturated carbocycles. The Bertz CT molecular complexity index is 1510. The summed E-state index contributed by atoms with van der Waals surface area (Å²) in [7, 11) is -4.04. The Balaban J connectivity index is 1.78. The molecule has 0 unspecified atom stereocenters. The minimum absolute atomic E-state index is 0.00948. The number of para-hydroxylation sites is 1. The third-order valence-corrected chi connectivity index (χ3v) is 8.21. The van der Waals surface area contributed by atoms with E-state index in [0.29, 0.717) is 21.3 Å². The SMILES string of the molecule is Cc1ccc(S(=O)(=O)N(Cc2ccc(Cl)cc2)c2ccccc2C(=O)Nc2ccc(Cl)c(Cl)c2)cc1. The summed E-state index contributed by atoms with van der Waals surface area (Å²) in [6.07, 6.45) is 0. The summed E-state index contributed by atoms with van der Waals surface area (Å²) in [5.74, 6) is -0.496. The highest BCUT2D eigenvalue weighted by atomic mass is 35.5. The molecule has 0 aliphatic carbocycles. The van der Waals surface area contributed by atoms with E-state index in [1.165, 1.54) is 10.4 Å². The molecule has 0 aliphatic heterocycles. The topological polar surface area (TPSA) is 66.5 Å². The van der Waals surface area contributed by atoms with E-state index in [9.17, 15) is 13.2 Å². The van der Waals surface area contributed by atoms with Crippen molar-refractivity contribution in [3.05, 3.63) is 123 Å². The molecule has 4 aromatic carbocycles. The quantitative estimate of drug-likeness (QED) is 0.253. The van der Waals surface area contributed by atoms with E-state index in [1.807, 2.05) is 6.92 Å². The van der Waals surface area contributed by atoms with Crippen molar-refractivity contribution in [3.63, 3.8) is 0 Å². The van der Waals surface area contributed by atoms with Crippen LogP contribution in [0.15, 0.2) is 95.9 Å². The maximum Gasteiger partial charge on any atom is 0.264 e. The van der Waals surface area contributed by atoms with Crippen LogP contribution in [0.1, 0.15) is 21.5 Å². The van der Waals surface area contributed by atoms with Gasteiger partial charge in [0.05, 0.1) is 32.7 Å². The third-order valence-electron chi connectivity index (χ3n) is 5.44. The van der Waals surface area contributed by atoms with Crippen molar-refractivity contribution in [1.29, 1.82) is 0 Å². The van der Waals surface area contributed by atoms with Crippen LogP contribution in [0, 0.1) is 6.92 Å². The molecule has 0 aliphatic rings. The van der Waals surface area contributed by atoms with Gasteiger partial charge in [0.25, 0.3) is 15.9 Å². The molecule has 0 radical (unpaired) electrons. The zero-order valence-electron chi connectivity index (χ0n) is 19.1. The molecular formula is C27H21Cl3N2O3S. The molecule has 0 heterocycles. The molecular weight excluding hydrogens is 539 g/mol. The largest absolute Gasteiger partial charge is 0.322 e. The lowest BCUT2D eigenvalue weighted by Gasteiger charge is -2.27. The van der Waals surface area contributed by atoms with Crippen LogP contribution < -0.4 is 9.62 Å². The normalized spacial score (nSPS) is 11.2. The number of hydrogen-bond acceptors (Lipinski definition) is 3. The minimum Gasteiger partial charge on any atom is -0.322 e. The molecule has 0 bridgehead atoms. The van der Waals surface area contributed by atoms with Gasteiger partial charge in [0.2, 0.25) is 0 Å². The fraction of sp³-hybridized carbons (Fsp3) is 0.0741. The predicted octanol–water partition coefficient (Wildman–Crippen LogP) is 7.60. The number of nitrogens with zero attached hydrogens (tertiary/aromatic N) is 1. The summed E-state index contributed by atoms with van der Waals surface area (Å²) >= 11 is 18.1. The number of carbonyl (C=O) groups excluding carboxylic acids is 1. The Morgan fingerprint density at radius 1 is 0.833 bits per heavy atom. The second kappa shape index (κ2) is 10.9. The second-order valence-electron chi connectivity index (χ2n) is 8.05. The molecule has 0 aromatic heterocycles. The van der Waals surface area contributed by atoms with Gasteiger partial charge < -0.3 is 5.32 Å². The number of hydrogen-bond donors (Lipinski definition) is 1. The number of benzene rings is 4. The highest BCUT2D eigenvalue weighted by Crippen LogP contribution is 2.31. The molecule has 0 atom stereocenters. The van der Waals surface area contributed by atoms with Crippen molar-refractivity contribution in [2.75, 3.05) is 9.62 Å². The zero-order chi connectivity index (χ0) is 25.9. The Kier molecular flexibility index (Phi) is 7.91. The first kappa shape index (κ1) is 26.0. The summed E-state index contributed by atoms with van der Waals surface area (Å²) in [6, 6.07) is 24.7. The van der Waals surface area contributed by atoms with E-state index in [4.69, 9.17) is 34.8 Å². The summed E-state index contributed by atoms with van der Waals surface area (Å²) in [6.45, 7) is 1.87. The van der Waals surface area contributed by atoms with Crippen LogP contribution in [-0.2, 0) is 16.6 Å². The zero-order valence-corrected chi connectivity index (χ0v) is 22.2. The lowest BCUT2D eigenvalue weighted by Crippen LogP contribution is -2.32. The number of amides is 1. The second-order valence-corrected chi connectivity index (χ2v) is 11.2. The summed E-state index contributed by atoms with van der Waals surface area (Å²) in [5.41, 5.74) is 2.46. The first-order chi connectivity index (χ1) is 17.1. The van der Waals surface area contributed by atoms with Crippen molar-refractivity contribution < 1.29 is 13.2 Å². The molecule has 4 aromatic rings. The number of carbonyl (C=O) groups is 1. The standard InChI is InChI=1S/C27H21Cl3N2O3S/c1-18-6-13-22(14-7-18)36(34,35)32(17-19-8-10-20(28)11-9-19)26-5-3-2-4-23(26)27(33)31-21-12-15-24(29)25(30)16-21/h2-16H,17H2,1H3,(H,31,33). The molecule has 4 rings (SSSR count). The number of halogens is 3. The van der Waals surface area contributed by atoms with E-state index in [-0.39, 0.29) is 27.7 Å².